The maximum absolute atomic E-state index is 14.1. The van der Waals surface area contributed by atoms with Crippen molar-refractivity contribution in [3.05, 3.63) is 108 Å². The molecule has 0 saturated carbocycles. The summed E-state index contributed by atoms with van der Waals surface area (Å²) in [5, 5.41) is 0. The maximum atomic E-state index is 14.1. The summed E-state index contributed by atoms with van der Waals surface area (Å²) in [4.78, 5) is 32.5. The molecular weight excluding hydrogens is 538 g/mol. The summed E-state index contributed by atoms with van der Waals surface area (Å²) >= 11 is 1.30. The van der Waals surface area contributed by atoms with E-state index >= 15 is 0 Å². The minimum absolute atomic E-state index is 0.204. The van der Waals surface area contributed by atoms with Gasteiger partial charge in [-0.3, -0.25) is 9.36 Å². The number of fused-ring (bicyclic) bond motifs is 1. The summed E-state index contributed by atoms with van der Waals surface area (Å²) in [6.45, 7) is 9.89. The highest BCUT2D eigenvalue weighted by atomic mass is 32.1. The smallest absolute Gasteiger partial charge is 0.338 e. The molecular formula is C32H33N3O5S. The Kier molecular flexibility index (Phi) is 7.73. The topological polar surface area (TPSA) is 84.1 Å². The predicted molar refractivity (Wildman–Crippen MR) is 160 cm³/mol. The minimum atomic E-state index is -0.743. The van der Waals surface area contributed by atoms with Crippen molar-refractivity contribution in [3.63, 3.8) is 0 Å². The van der Waals surface area contributed by atoms with Crippen LogP contribution in [0.5, 0.6) is 11.5 Å². The Bertz CT molecular complexity index is 1860. The second-order valence-corrected chi connectivity index (χ2v) is 10.9. The number of aromatic nitrogens is 2. The molecule has 0 bridgehead atoms. The van der Waals surface area contributed by atoms with Crippen molar-refractivity contribution in [3.8, 4) is 17.2 Å². The summed E-state index contributed by atoms with van der Waals surface area (Å²) < 4.78 is 20.6. The molecule has 3 heterocycles. The number of esters is 1. The lowest BCUT2D eigenvalue weighted by atomic mass is 9.95. The Morgan fingerprint density at radius 2 is 1.71 bits per heavy atom. The molecule has 0 amide bonds. The van der Waals surface area contributed by atoms with Gasteiger partial charge in [-0.25, -0.2) is 9.79 Å². The van der Waals surface area contributed by atoms with E-state index in [-0.39, 0.29) is 12.2 Å². The number of nitrogens with zero attached hydrogens (tertiary/aromatic N) is 3. The monoisotopic (exact) mass is 571 g/mol. The molecule has 0 spiro atoms. The van der Waals surface area contributed by atoms with Gasteiger partial charge in [0, 0.05) is 17.1 Å². The first-order valence-electron chi connectivity index (χ1n) is 13.4. The molecule has 0 unspecified atom stereocenters. The predicted octanol–water partition coefficient (Wildman–Crippen LogP) is 4.53. The van der Waals surface area contributed by atoms with Crippen molar-refractivity contribution in [2.24, 2.45) is 4.99 Å². The molecule has 1 atom stereocenters. The second-order valence-electron chi connectivity index (χ2n) is 9.91. The fourth-order valence-corrected chi connectivity index (χ4v) is 6.33. The highest BCUT2D eigenvalue weighted by Gasteiger charge is 2.34. The number of benzene rings is 2. The molecule has 0 radical (unpaired) electrons. The van der Waals surface area contributed by atoms with Crippen LogP contribution in [-0.4, -0.2) is 35.9 Å². The lowest BCUT2D eigenvalue weighted by Gasteiger charge is -2.25. The van der Waals surface area contributed by atoms with E-state index in [0.29, 0.717) is 37.7 Å². The Balaban J connectivity index is 1.70. The third kappa shape index (κ3) is 5.02. The molecule has 2 aromatic heterocycles. The molecule has 0 saturated heterocycles. The van der Waals surface area contributed by atoms with E-state index in [0.717, 1.165) is 22.6 Å². The first-order valence-corrected chi connectivity index (χ1v) is 14.2. The van der Waals surface area contributed by atoms with Crippen molar-refractivity contribution in [2.75, 3.05) is 20.8 Å². The van der Waals surface area contributed by atoms with E-state index in [9.17, 15) is 9.59 Å². The van der Waals surface area contributed by atoms with Crippen molar-refractivity contribution in [2.45, 2.75) is 40.7 Å². The number of carbonyl (C=O) groups excluding carboxylic acids is 1. The van der Waals surface area contributed by atoms with E-state index in [4.69, 9.17) is 14.2 Å². The number of methoxy groups -OCH3 is 2. The van der Waals surface area contributed by atoms with Gasteiger partial charge in [0.2, 0.25) is 0 Å². The zero-order chi connectivity index (χ0) is 29.4. The molecule has 1 aliphatic heterocycles. The Labute approximate surface area is 242 Å². The van der Waals surface area contributed by atoms with Crippen molar-refractivity contribution in [1.82, 2.24) is 9.13 Å². The van der Waals surface area contributed by atoms with Crippen LogP contribution in [-0.2, 0) is 9.53 Å². The van der Waals surface area contributed by atoms with Crippen molar-refractivity contribution >= 4 is 23.4 Å². The van der Waals surface area contributed by atoms with Crippen molar-refractivity contribution < 1.29 is 19.0 Å². The fraction of sp³-hybridized carbons (Fsp3) is 0.281. The summed E-state index contributed by atoms with van der Waals surface area (Å²) in [5.74, 6) is 0.531. The molecule has 5 rings (SSSR count). The Hall–Kier alpha value is -4.37. The molecule has 9 heteroatoms. The molecule has 41 heavy (non-hydrogen) atoms. The lowest BCUT2D eigenvalue weighted by molar-refractivity contribution is -0.139. The zero-order valence-electron chi connectivity index (χ0n) is 24.3. The van der Waals surface area contributed by atoms with Crippen LogP contribution in [0.15, 0.2) is 69.6 Å². The van der Waals surface area contributed by atoms with E-state index in [1.807, 2.05) is 19.1 Å². The van der Waals surface area contributed by atoms with Crippen LogP contribution in [0.25, 0.3) is 11.8 Å². The van der Waals surface area contributed by atoms with E-state index in [1.165, 1.54) is 16.9 Å². The van der Waals surface area contributed by atoms with Crippen LogP contribution in [0.1, 0.15) is 48.0 Å². The van der Waals surface area contributed by atoms with Crippen LogP contribution >= 0.6 is 11.3 Å². The third-order valence-electron chi connectivity index (χ3n) is 7.29. The van der Waals surface area contributed by atoms with Gasteiger partial charge in [0.1, 0.15) is 0 Å². The number of rotatable bonds is 7. The average molecular weight is 572 g/mol. The molecule has 0 aliphatic carbocycles. The standard InChI is InChI=1S/C32H33N3O5S/c1-8-40-31(37)28-20(4)33-32-35(29(28)22-11-14-25(38-6)26(16-22)39-7)30(36)27(41-32)17-23-15-19(3)34(21(23)5)24-12-9-18(2)10-13-24/h9-17,29H,8H2,1-7H3/b27-17+/t29-/m1/s1. The van der Waals surface area contributed by atoms with Crippen LogP contribution in [0, 0.1) is 20.8 Å². The number of carbonyl (C=O) groups is 1. The first kappa shape index (κ1) is 28.2. The second kappa shape index (κ2) is 11.2. The van der Waals surface area contributed by atoms with Crippen LogP contribution < -0.4 is 24.4 Å². The number of aryl methyl sites for hydroxylation is 2. The van der Waals surface area contributed by atoms with Gasteiger partial charge >= 0.3 is 5.97 Å². The fourth-order valence-electron chi connectivity index (χ4n) is 5.30. The molecule has 0 N–H and O–H groups in total. The molecule has 8 nitrogen and oxygen atoms in total. The van der Waals surface area contributed by atoms with Gasteiger partial charge in [-0.1, -0.05) is 35.1 Å². The Morgan fingerprint density at radius 1 is 1.00 bits per heavy atom. The highest BCUT2D eigenvalue weighted by Crippen LogP contribution is 2.36. The van der Waals surface area contributed by atoms with Gasteiger partial charge in [-0.05, 0) is 82.2 Å². The van der Waals surface area contributed by atoms with Crippen LogP contribution in [0.3, 0.4) is 0 Å². The molecule has 2 aromatic carbocycles. The zero-order valence-corrected chi connectivity index (χ0v) is 25.1. The lowest BCUT2D eigenvalue weighted by Crippen LogP contribution is -2.40. The number of hydrogen-bond acceptors (Lipinski definition) is 7. The molecule has 4 aromatic rings. The highest BCUT2D eigenvalue weighted by molar-refractivity contribution is 7.07. The maximum Gasteiger partial charge on any atom is 0.338 e. The molecule has 1 aliphatic rings. The van der Waals surface area contributed by atoms with Gasteiger partial charge in [-0.15, -0.1) is 0 Å². The van der Waals surface area contributed by atoms with E-state index in [1.54, 1.807) is 44.8 Å². The molecule has 0 fully saturated rings. The van der Waals surface area contributed by atoms with E-state index < -0.39 is 12.0 Å². The SMILES string of the molecule is CCOC(=O)C1=C(C)N=c2s/c(=C/c3cc(C)n(-c4ccc(C)cc4)c3C)c(=O)n2[C@@H]1c1ccc(OC)c(OC)c1. The van der Waals surface area contributed by atoms with Gasteiger partial charge in [0.25, 0.3) is 5.56 Å². The van der Waals surface area contributed by atoms with Crippen LogP contribution in [0.2, 0.25) is 0 Å². The normalized spacial score (nSPS) is 15.0. The van der Waals surface area contributed by atoms with E-state index in [2.05, 4.69) is 53.7 Å². The summed E-state index contributed by atoms with van der Waals surface area (Å²) in [7, 11) is 3.11. The van der Waals surface area contributed by atoms with Crippen LogP contribution in [0.4, 0.5) is 0 Å². The number of thiazole rings is 1. The van der Waals surface area contributed by atoms with Gasteiger partial charge < -0.3 is 18.8 Å². The summed E-state index contributed by atoms with van der Waals surface area (Å²) in [5.41, 5.74) is 6.56. The minimum Gasteiger partial charge on any atom is -0.493 e. The quantitative estimate of drug-likeness (QED) is 0.305. The summed E-state index contributed by atoms with van der Waals surface area (Å²) in [6.07, 6.45) is 1.91. The third-order valence-corrected chi connectivity index (χ3v) is 8.27. The number of ether oxygens (including phenoxy) is 3. The first-order chi connectivity index (χ1) is 19.7. The average Bonchev–Trinajstić information content (AvgIpc) is 3.41. The van der Waals surface area contributed by atoms with Gasteiger partial charge in [0.15, 0.2) is 16.3 Å². The molecule has 212 valence electrons. The Morgan fingerprint density at radius 3 is 2.37 bits per heavy atom. The number of hydrogen-bond donors (Lipinski definition) is 0. The largest absolute Gasteiger partial charge is 0.493 e. The number of allylic oxidation sites excluding steroid dienone is 1. The van der Waals surface area contributed by atoms with Gasteiger partial charge in [-0.2, -0.15) is 0 Å². The van der Waals surface area contributed by atoms with Gasteiger partial charge in [0.05, 0.1) is 42.7 Å². The van der Waals surface area contributed by atoms with Crippen molar-refractivity contribution in [1.29, 1.82) is 0 Å². The summed E-state index contributed by atoms with van der Waals surface area (Å²) in [6, 6.07) is 15.1.